The molecule has 0 aliphatic carbocycles. The molecule has 0 saturated heterocycles. The average Bonchev–Trinajstić information content (AvgIpc) is 3.25. The second-order valence-corrected chi connectivity index (χ2v) is 13.4. The van der Waals surface area contributed by atoms with Gasteiger partial charge < -0.3 is 55.4 Å². The number of carbonyl (C=O) groups is 2. The van der Waals surface area contributed by atoms with Gasteiger partial charge >= 0.3 is 0 Å². The van der Waals surface area contributed by atoms with Crippen molar-refractivity contribution in [2.75, 3.05) is 0 Å². The van der Waals surface area contributed by atoms with Gasteiger partial charge in [0, 0.05) is 97.6 Å². The molecule has 0 bridgehead atoms. The van der Waals surface area contributed by atoms with E-state index in [1.807, 2.05) is 12.1 Å². The Morgan fingerprint density at radius 1 is 0.540 bits per heavy atom. The van der Waals surface area contributed by atoms with Gasteiger partial charge in [0.05, 0.1) is 27.6 Å². The fraction of sp³-hybridized carbons (Fsp3) is 0.0909. The van der Waals surface area contributed by atoms with Gasteiger partial charge in [0.2, 0.25) is 0 Å². The molecule has 8 N–H and O–H groups in total. The van der Waals surface area contributed by atoms with Crippen LogP contribution in [-0.4, -0.2) is 59.0 Å². The standard InChI is InChI=1S/2C22H18N2O5.Eu.NO3/c2*25-15-8-6-13(7-9-15)19-12-17(21-18(27)10-16(26)11-20(21)29-19)23-24-22(28)14-4-2-1-3-5-14;;2-1(3)4/h2*1-11,19,25-27H,12H2,(H,24,28);;/q;;;-1/b2*23-17+;;. The predicted octanol–water partition coefficient (Wildman–Crippen LogP) is 6.68. The fourth-order valence-corrected chi connectivity index (χ4v) is 6.38. The van der Waals surface area contributed by atoms with E-state index in [2.05, 4.69) is 21.1 Å². The summed E-state index contributed by atoms with van der Waals surface area (Å²) in [6.07, 6.45) is -0.413. The summed E-state index contributed by atoms with van der Waals surface area (Å²) in [4.78, 5) is 32.9. The maximum Gasteiger partial charge on any atom is 0.271 e. The molecule has 63 heavy (non-hydrogen) atoms. The summed E-state index contributed by atoms with van der Waals surface area (Å²) in [5.74, 6) is -0.710. The van der Waals surface area contributed by atoms with Gasteiger partial charge in [-0.05, 0) is 59.7 Å². The van der Waals surface area contributed by atoms with E-state index < -0.39 is 17.3 Å². The van der Waals surface area contributed by atoms with Crippen molar-refractivity contribution in [3.8, 4) is 46.0 Å². The molecular weight excluding hydrogens is 958 g/mol. The van der Waals surface area contributed by atoms with E-state index in [1.165, 1.54) is 24.3 Å². The number of carbonyl (C=O) groups excluding carboxylic acids is 2. The number of benzene rings is 6. The largest absolute Gasteiger partial charge is 0.508 e. The van der Waals surface area contributed by atoms with E-state index in [9.17, 15) is 40.2 Å². The van der Waals surface area contributed by atoms with E-state index in [4.69, 9.17) is 24.8 Å². The van der Waals surface area contributed by atoms with Gasteiger partial charge in [-0.2, -0.15) is 10.2 Å². The van der Waals surface area contributed by atoms with Crippen LogP contribution in [0.15, 0.2) is 144 Å². The van der Waals surface area contributed by atoms with E-state index in [0.717, 1.165) is 11.1 Å². The van der Waals surface area contributed by atoms with Crippen molar-refractivity contribution in [3.05, 3.63) is 182 Å². The third-order valence-electron chi connectivity index (χ3n) is 9.19. The first-order valence-electron chi connectivity index (χ1n) is 18.4. The quantitative estimate of drug-likeness (QED) is 0.0639. The molecule has 2 unspecified atom stereocenters. The Hall–Kier alpha value is -7.22. The molecule has 2 amide bonds. The Morgan fingerprint density at radius 3 is 1.21 bits per heavy atom. The Kier molecular flexibility index (Phi) is 16.0. The summed E-state index contributed by atoms with van der Waals surface area (Å²) in [7, 11) is 0. The number of phenols is 6. The minimum absolute atomic E-state index is 0. The number of hydrogen-bond acceptors (Lipinski definition) is 15. The molecule has 6 aromatic rings. The second-order valence-electron chi connectivity index (χ2n) is 13.4. The van der Waals surface area contributed by atoms with Gasteiger partial charge in [0.15, 0.2) is 0 Å². The molecule has 2 heterocycles. The number of amides is 2. The molecule has 6 aromatic carbocycles. The predicted molar refractivity (Wildman–Crippen MR) is 223 cm³/mol. The number of aromatic hydroxyl groups is 6. The van der Waals surface area contributed by atoms with Gasteiger partial charge in [-0.1, -0.05) is 60.7 Å². The molecule has 8 rings (SSSR count). The van der Waals surface area contributed by atoms with Crippen LogP contribution >= 0.6 is 0 Å². The number of hydrazone groups is 2. The third kappa shape index (κ3) is 12.4. The minimum Gasteiger partial charge on any atom is -0.508 e. The van der Waals surface area contributed by atoms with Crippen LogP contribution in [0.3, 0.4) is 0 Å². The summed E-state index contributed by atoms with van der Waals surface area (Å²) >= 11 is 0. The minimum atomic E-state index is -1.75. The first kappa shape index (κ1) is 46.8. The van der Waals surface area contributed by atoms with E-state index >= 15 is 0 Å². The smallest absolute Gasteiger partial charge is 0.271 e. The summed E-state index contributed by atoms with van der Waals surface area (Å²) < 4.78 is 11.9. The van der Waals surface area contributed by atoms with Crippen LogP contribution in [0.2, 0.25) is 0 Å². The number of rotatable bonds is 6. The molecule has 0 fully saturated rings. The first-order valence-corrected chi connectivity index (χ1v) is 18.4. The number of phenolic OH excluding ortho intramolecular Hbond substituents is 6. The van der Waals surface area contributed by atoms with Crippen LogP contribution in [0.1, 0.15) is 68.0 Å². The van der Waals surface area contributed by atoms with Crippen LogP contribution in [0.25, 0.3) is 0 Å². The van der Waals surface area contributed by atoms with E-state index in [1.54, 1.807) is 97.1 Å². The SMILES string of the molecule is O=C(N/N=C1\CC(c2ccc(O)cc2)Oc2cc(O)cc(O)c21)c1ccccc1.O=C(N/N=C1\CC(c2ccc(O)cc2)Oc2cc(O)cc(O)c21)c1ccccc1.O=[N+]([O-])[O-].[Eu]. The van der Waals surface area contributed by atoms with Crippen molar-refractivity contribution in [2.45, 2.75) is 25.0 Å². The number of hydrogen-bond donors (Lipinski definition) is 8. The van der Waals surface area contributed by atoms with Gasteiger partial charge in [0.1, 0.15) is 58.2 Å². The van der Waals surface area contributed by atoms with Crippen molar-refractivity contribution < 1.29 is 104 Å². The molecule has 1 radical (unpaired) electrons. The second kappa shape index (κ2) is 21.5. The number of fused-ring (bicyclic) bond motifs is 2. The monoisotopic (exact) mass is 995 g/mol. The molecule has 19 heteroatoms. The maximum absolute atomic E-state index is 12.3. The molecule has 2 aliphatic rings. The zero-order valence-electron chi connectivity index (χ0n) is 32.5. The van der Waals surface area contributed by atoms with Gasteiger partial charge in [-0.3, -0.25) is 9.59 Å². The normalized spacial score (nSPS) is 15.7. The van der Waals surface area contributed by atoms with Crippen molar-refractivity contribution in [2.24, 2.45) is 10.2 Å². The average molecular weight is 995 g/mol. The first-order chi connectivity index (χ1) is 29.7. The molecule has 18 nitrogen and oxygen atoms in total. The molecule has 0 saturated carbocycles. The van der Waals surface area contributed by atoms with Crippen molar-refractivity contribution in [1.82, 2.24) is 10.9 Å². The fourth-order valence-electron chi connectivity index (χ4n) is 6.38. The van der Waals surface area contributed by atoms with Crippen LogP contribution in [0.5, 0.6) is 46.0 Å². The number of ether oxygens (including phenoxy) is 2. The Balaban J connectivity index is 0.000000216. The number of nitrogens with zero attached hydrogens (tertiary/aromatic N) is 3. The molecule has 323 valence electrons. The zero-order valence-corrected chi connectivity index (χ0v) is 35.0. The molecular formula is C44H36EuN5O13-. The zero-order chi connectivity index (χ0) is 44.3. The molecule has 0 aromatic heterocycles. The summed E-state index contributed by atoms with van der Waals surface area (Å²) in [5, 5.41) is 82.5. The summed E-state index contributed by atoms with van der Waals surface area (Å²) in [6.45, 7) is 0. The van der Waals surface area contributed by atoms with Crippen LogP contribution in [-0.2, 0) is 0 Å². The van der Waals surface area contributed by atoms with Crippen molar-refractivity contribution in [1.29, 1.82) is 0 Å². The molecule has 0 spiro atoms. The Labute approximate surface area is 398 Å². The van der Waals surface area contributed by atoms with E-state index in [-0.39, 0.29) is 120 Å². The van der Waals surface area contributed by atoms with Gasteiger partial charge in [0.25, 0.3) is 11.8 Å². The summed E-state index contributed by atoms with van der Waals surface area (Å²) in [6, 6.07) is 35.5. The Bertz CT molecular complexity index is 2450. The van der Waals surface area contributed by atoms with Crippen molar-refractivity contribution >= 4 is 23.2 Å². The van der Waals surface area contributed by atoms with E-state index in [0.29, 0.717) is 33.7 Å². The summed E-state index contributed by atoms with van der Waals surface area (Å²) in [5.41, 5.74) is 8.92. The number of nitrogens with one attached hydrogen (secondary N) is 2. The van der Waals surface area contributed by atoms with Crippen molar-refractivity contribution in [3.63, 3.8) is 0 Å². The van der Waals surface area contributed by atoms with Crippen LogP contribution in [0.4, 0.5) is 0 Å². The maximum atomic E-state index is 12.3. The molecule has 2 atom stereocenters. The molecule has 2 aliphatic heterocycles. The van der Waals surface area contributed by atoms with Crippen LogP contribution in [0, 0.1) is 64.7 Å². The topological polar surface area (TPSA) is 289 Å². The van der Waals surface area contributed by atoms with Gasteiger partial charge in [-0.25, -0.2) is 10.9 Å². The third-order valence-corrected chi connectivity index (χ3v) is 9.19. The van der Waals surface area contributed by atoms with Crippen LogP contribution < -0.4 is 20.3 Å². The Morgan fingerprint density at radius 2 is 0.873 bits per heavy atom. The van der Waals surface area contributed by atoms with Gasteiger partial charge in [-0.15, -0.1) is 0 Å².